The summed E-state index contributed by atoms with van der Waals surface area (Å²) < 4.78 is 34.8. The molecule has 148 valence electrons. The van der Waals surface area contributed by atoms with Gasteiger partial charge in [-0.25, -0.2) is 0 Å². The number of likely N-dealkylation sites (N-methyl/N-ethyl adjacent to an activating group) is 1. The Balaban J connectivity index is 0.000000289. The second-order valence-electron chi connectivity index (χ2n) is 6.39. The van der Waals surface area contributed by atoms with Gasteiger partial charge in [-0.05, 0) is 37.6 Å². The molecule has 0 amide bonds. The summed E-state index contributed by atoms with van der Waals surface area (Å²) in [5.41, 5.74) is 1.96. The molecule has 7 heteroatoms. The summed E-state index contributed by atoms with van der Waals surface area (Å²) >= 11 is 0. The van der Waals surface area contributed by atoms with Gasteiger partial charge in [0.25, 0.3) is 10.1 Å². The molecule has 0 aliphatic rings. The van der Waals surface area contributed by atoms with Crippen LogP contribution < -0.4 is 5.32 Å². The second kappa shape index (κ2) is 10.8. The van der Waals surface area contributed by atoms with E-state index in [9.17, 15) is 13.2 Å². The van der Waals surface area contributed by atoms with Crippen molar-refractivity contribution in [3.05, 3.63) is 65.7 Å². The number of hydrogen-bond donors (Lipinski definition) is 2. The van der Waals surface area contributed by atoms with Crippen LogP contribution in [0.3, 0.4) is 0 Å². The molecule has 0 spiro atoms. The van der Waals surface area contributed by atoms with E-state index < -0.39 is 10.1 Å². The third-order valence-corrected chi connectivity index (χ3v) is 4.64. The third-order valence-electron chi connectivity index (χ3n) is 3.77. The first kappa shape index (κ1) is 22.8. The topological polar surface area (TPSA) is 92.7 Å². The summed E-state index contributed by atoms with van der Waals surface area (Å²) in [5.74, 6) is 0.0367. The lowest BCUT2D eigenvalue weighted by molar-refractivity contribution is -0.148. The smallest absolute Gasteiger partial charge is 0.323 e. The van der Waals surface area contributed by atoms with Gasteiger partial charge in [0, 0.05) is 0 Å². The molecule has 27 heavy (non-hydrogen) atoms. The summed E-state index contributed by atoms with van der Waals surface area (Å²) in [6.45, 7) is 6.16. The number of nitrogens with one attached hydrogen (secondary N) is 1. The molecule has 2 aromatic rings. The predicted molar refractivity (Wildman–Crippen MR) is 105 cm³/mol. The van der Waals surface area contributed by atoms with Crippen molar-refractivity contribution in [2.75, 3.05) is 7.05 Å². The van der Waals surface area contributed by atoms with Gasteiger partial charge in [-0.1, -0.05) is 61.9 Å². The summed E-state index contributed by atoms with van der Waals surface area (Å²) in [4.78, 5) is 11.6. The summed E-state index contributed by atoms with van der Waals surface area (Å²) in [6, 6.07) is 15.4. The van der Waals surface area contributed by atoms with Crippen LogP contribution >= 0.6 is 0 Å². The van der Waals surface area contributed by atoms with Crippen molar-refractivity contribution in [1.82, 2.24) is 5.32 Å². The molecule has 0 fully saturated rings. The van der Waals surface area contributed by atoms with Gasteiger partial charge < -0.3 is 10.1 Å². The highest BCUT2D eigenvalue weighted by molar-refractivity contribution is 7.85. The lowest BCUT2D eigenvalue weighted by atomic mass is 10.1. The lowest BCUT2D eigenvalue weighted by Crippen LogP contribution is -2.39. The Morgan fingerprint density at radius 1 is 1.07 bits per heavy atom. The number of carbonyl (C=O) groups is 1. The summed E-state index contributed by atoms with van der Waals surface area (Å²) in [7, 11) is -2.25. The molecule has 0 aromatic heterocycles. The van der Waals surface area contributed by atoms with Crippen LogP contribution in [0.4, 0.5) is 0 Å². The van der Waals surface area contributed by atoms with E-state index in [-0.39, 0.29) is 22.8 Å². The van der Waals surface area contributed by atoms with E-state index in [1.807, 2.05) is 51.1 Å². The molecule has 6 nitrogen and oxygen atoms in total. The van der Waals surface area contributed by atoms with Gasteiger partial charge in [0.2, 0.25) is 0 Å². The molecular formula is C20H27NO5S. The zero-order valence-electron chi connectivity index (χ0n) is 16.0. The molecule has 2 rings (SSSR count). The maximum absolute atomic E-state index is 11.7. The lowest BCUT2D eigenvalue weighted by Gasteiger charge is -2.18. The van der Waals surface area contributed by atoms with Crippen LogP contribution in [0.5, 0.6) is 0 Å². The van der Waals surface area contributed by atoms with E-state index in [1.165, 1.54) is 12.1 Å². The normalized spacial score (nSPS) is 12.1. The van der Waals surface area contributed by atoms with Crippen LogP contribution in [0.15, 0.2) is 59.5 Å². The van der Waals surface area contributed by atoms with Gasteiger partial charge >= 0.3 is 5.97 Å². The standard InChI is InChI=1S/C13H19NO2.C7H8O3S/c1-10(2)12(14-3)13(15)16-9-11-7-5-4-6-8-11;1-6-2-4-7(5-3-6)11(8,9)10/h4-8,10,12,14H,9H2,1-3H3;2-5H,1H3,(H,8,9,10)/t12-;/m0./s1. The number of aryl methyl sites for hydroxylation is 1. The molecule has 0 saturated heterocycles. The van der Waals surface area contributed by atoms with Crippen LogP contribution in [-0.4, -0.2) is 32.0 Å². The van der Waals surface area contributed by atoms with Crippen molar-refractivity contribution in [2.24, 2.45) is 5.92 Å². The summed E-state index contributed by atoms with van der Waals surface area (Å²) in [5, 5.41) is 2.96. The zero-order chi connectivity index (χ0) is 20.4. The van der Waals surface area contributed by atoms with Gasteiger partial charge in [-0.2, -0.15) is 8.42 Å². The maximum atomic E-state index is 11.7. The Labute approximate surface area is 161 Å². The molecule has 0 bridgehead atoms. The zero-order valence-corrected chi connectivity index (χ0v) is 16.9. The number of benzene rings is 2. The molecule has 2 aromatic carbocycles. The van der Waals surface area contributed by atoms with E-state index in [2.05, 4.69) is 5.32 Å². The van der Waals surface area contributed by atoms with Crippen molar-refractivity contribution in [1.29, 1.82) is 0 Å². The van der Waals surface area contributed by atoms with Crippen molar-refractivity contribution in [3.8, 4) is 0 Å². The second-order valence-corrected chi connectivity index (χ2v) is 7.81. The average molecular weight is 394 g/mol. The molecule has 0 aliphatic carbocycles. The quantitative estimate of drug-likeness (QED) is 0.578. The molecule has 0 aliphatic heterocycles. The number of hydrogen-bond acceptors (Lipinski definition) is 5. The number of ether oxygens (including phenoxy) is 1. The van der Waals surface area contributed by atoms with E-state index in [1.54, 1.807) is 19.2 Å². The number of rotatable bonds is 6. The largest absolute Gasteiger partial charge is 0.460 e. The van der Waals surface area contributed by atoms with Gasteiger partial charge in [-0.3, -0.25) is 9.35 Å². The van der Waals surface area contributed by atoms with Gasteiger partial charge in [-0.15, -0.1) is 0 Å². The highest BCUT2D eigenvalue weighted by Crippen LogP contribution is 2.08. The maximum Gasteiger partial charge on any atom is 0.323 e. The fraction of sp³-hybridized carbons (Fsp3) is 0.350. The minimum absolute atomic E-state index is 0.0666. The van der Waals surface area contributed by atoms with Crippen molar-refractivity contribution in [3.63, 3.8) is 0 Å². The predicted octanol–water partition coefficient (Wildman–Crippen LogP) is 3.22. The first-order valence-corrected chi connectivity index (χ1v) is 10.0. The van der Waals surface area contributed by atoms with Crippen molar-refractivity contribution in [2.45, 2.75) is 38.3 Å². The van der Waals surface area contributed by atoms with Crippen molar-refractivity contribution >= 4 is 16.1 Å². The van der Waals surface area contributed by atoms with Crippen molar-refractivity contribution < 1.29 is 22.5 Å². The van der Waals surface area contributed by atoms with Gasteiger partial charge in [0.15, 0.2) is 0 Å². The Morgan fingerprint density at radius 3 is 2.07 bits per heavy atom. The Bertz CT molecular complexity index is 802. The highest BCUT2D eigenvalue weighted by Gasteiger charge is 2.21. The number of esters is 1. The fourth-order valence-electron chi connectivity index (χ4n) is 2.25. The molecule has 0 radical (unpaired) electrons. The van der Waals surface area contributed by atoms with Crippen LogP contribution in [0.2, 0.25) is 0 Å². The van der Waals surface area contributed by atoms with E-state index in [0.717, 1.165) is 11.1 Å². The minimum atomic E-state index is -4.02. The summed E-state index contributed by atoms with van der Waals surface area (Å²) in [6.07, 6.45) is 0. The first-order chi connectivity index (χ1) is 12.6. The Kier molecular flexibility index (Phi) is 9.14. The van der Waals surface area contributed by atoms with Gasteiger partial charge in [0.05, 0.1) is 4.90 Å². The monoisotopic (exact) mass is 393 g/mol. The molecule has 0 unspecified atom stereocenters. The highest BCUT2D eigenvalue weighted by atomic mass is 32.2. The van der Waals surface area contributed by atoms with Crippen LogP contribution in [0, 0.1) is 12.8 Å². The first-order valence-electron chi connectivity index (χ1n) is 8.57. The molecule has 1 atom stereocenters. The molecule has 2 N–H and O–H groups in total. The SMILES string of the molecule is CN[C@H](C(=O)OCc1ccccc1)C(C)C.Cc1ccc(S(=O)(=O)O)cc1. The van der Waals surface area contributed by atoms with E-state index in [0.29, 0.717) is 6.61 Å². The van der Waals surface area contributed by atoms with E-state index >= 15 is 0 Å². The minimum Gasteiger partial charge on any atom is -0.460 e. The van der Waals surface area contributed by atoms with E-state index in [4.69, 9.17) is 9.29 Å². The van der Waals surface area contributed by atoms with Crippen LogP contribution in [-0.2, 0) is 26.3 Å². The van der Waals surface area contributed by atoms with Crippen LogP contribution in [0.25, 0.3) is 0 Å². The number of carbonyl (C=O) groups excluding carboxylic acids is 1. The molecule has 0 heterocycles. The molecular weight excluding hydrogens is 366 g/mol. The van der Waals surface area contributed by atoms with Crippen LogP contribution in [0.1, 0.15) is 25.0 Å². The van der Waals surface area contributed by atoms with Gasteiger partial charge in [0.1, 0.15) is 12.6 Å². The molecule has 0 saturated carbocycles. The average Bonchev–Trinajstić information content (AvgIpc) is 2.61. The Hall–Kier alpha value is -2.22. The Morgan fingerprint density at radius 2 is 1.63 bits per heavy atom. The third kappa shape index (κ3) is 8.34. The fourth-order valence-corrected chi connectivity index (χ4v) is 2.73.